The molecule has 0 saturated carbocycles. The second-order valence-electron chi connectivity index (χ2n) is 5.90. The second kappa shape index (κ2) is 6.40. The van der Waals surface area contributed by atoms with E-state index in [4.69, 9.17) is 0 Å². The molecular weight excluding hydrogens is 481 g/mol. The van der Waals surface area contributed by atoms with Gasteiger partial charge in [0.2, 0.25) is 0 Å². The van der Waals surface area contributed by atoms with Gasteiger partial charge in [-0.15, -0.1) is 0 Å². The third-order valence-electron chi connectivity index (χ3n) is 4.38. The highest BCUT2D eigenvalue weighted by molar-refractivity contribution is 14.1. The van der Waals surface area contributed by atoms with Crippen LogP contribution in [0.3, 0.4) is 0 Å². The first-order chi connectivity index (χ1) is 12.8. The Hall–Kier alpha value is -2.29. The molecule has 0 aliphatic carbocycles. The smallest absolute Gasteiger partial charge is 0.172 e. The molecule has 4 rings (SSSR count). The fraction of sp³-hybridized carbons (Fsp3) is 0. The van der Waals surface area contributed by atoms with E-state index in [1.54, 1.807) is 22.6 Å². The van der Waals surface area contributed by atoms with Gasteiger partial charge in [0, 0.05) is 21.9 Å². The maximum atomic E-state index is 14.8. The van der Waals surface area contributed by atoms with Crippen molar-refractivity contribution in [3.8, 4) is 11.1 Å². The van der Waals surface area contributed by atoms with Crippen LogP contribution in [-0.2, 0) is 0 Å². The summed E-state index contributed by atoms with van der Waals surface area (Å²) in [6.07, 6.45) is 0. The summed E-state index contributed by atoms with van der Waals surface area (Å²) in [5, 5.41) is -0.667. The van der Waals surface area contributed by atoms with Gasteiger partial charge in [-0.05, 0) is 51.6 Å². The highest BCUT2D eigenvalue weighted by atomic mass is 127. The van der Waals surface area contributed by atoms with Gasteiger partial charge in [-0.2, -0.15) is 0 Å². The van der Waals surface area contributed by atoms with Crippen LogP contribution in [0.4, 0.5) is 26.3 Å². The van der Waals surface area contributed by atoms with Crippen molar-refractivity contribution in [1.29, 1.82) is 0 Å². The first-order valence-electron chi connectivity index (χ1n) is 7.63. The average Bonchev–Trinajstić information content (AvgIpc) is 2.66. The Morgan fingerprint density at radius 1 is 0.519 bits per heavy atom. The molecule has 0 radical (unpaired) electrons. The van der Waals surface area contributed by atoms with Gasteiger partial charge in [0.1, 0.15) is 0 Å². The molecule has 0 atom stereocenters. The third kappa shape index (κ3) is 2.67. The van der Waals surface area contributed by atoms with E-state index < -0.39 is 56.8 Å². The number of benzene rings is 4. The maximum Gasteiger partial charge on any atom is 0.172 e. The summed E-state index contributed by atoms with van der Waals surface area (Å²) in [6.45, 7) is 0. The van der Waals surface area contributed by atoms with Crippen molar-refractivity contribution >= 4 is 44.1 Å². The molecule has 0 aliphatic rings. The molecule has 0 nitrogen and oxygen atoms in total. The molecule has 136 valence electrons. The predicted molar refractivity (Wildman–Crippen MR) is 99.4 cm³/mol. The monoisotopic (exact) mass is 488 g/mol. The van der Waals surface area contributed by atoms with E-state index in [-0.39, 0.29) is 14.3 Å². The second-order valence-corrected chi connectivity index (χ2v) is 7.06. The van der Waals surface area contributed by atoms with Gasteiger partial charge < -0.3 is 0 Å². The number of fused-ring (bicyclic) bond motifs is 3. The Balaban J connectivity index is 2.13. The zero-order valence-electron chi connectivity index (χ0n) is 13.2. The van der Waals surface area contributed by atoms with Crippen LogP contribution in [0, 0.1) is 38.5 Å². The lowest BCUT2D eigenvalue weighted by Gasteiger charge is -2.12. The van der Waals surface area contributed by atoms with Crippen molar-refractivity contribution in [2.75, 3.05) is 0 Å². The van der Waals surface area contributed by atoms with Crippen molar-refractivity contribution in [3.05, 3.63) is 80.9 Å². The van der Waals surface area contributed by atoms with Crippen LogP contribution < -0.4 is 0 Å². The van der Waals surface area contributed by atoms with E-state index >= 15 is 0 Å². The van der Waals surface area contributed by atoms with Crippen LogP contribution in [0.5, 0.6) is 0 Å². The first-order valence-corrected chi connectivity index (χ1v) is 8.71. The van der Waals surface area contributed by atoms with Crippen molar-refractivity contribution in [1.82, 2.24) is 0 Å². The number of hydrogen-bond acceptors (Lipinski definition) is 0. The van der Waals surface area contributed by atoms with Crippen molar-refractivity contribution < 1.29 is 26.3 Å². The van der Waals surface area contributed by atoms with Crippen LogP contribution in [0.1, 0.15) is 0 Å². The Bertz CT molecular complexity index is 1250. The zero-order chi connectivity index (χ0) is 19.5. The minimum Gasteiger partial charge on any atom is -0.204 e. The van der Waals surface area contributed by atoms with Crippen molar-refractivity contribution in [3.63, 3.8) is 0 Å². The lowest BCUT2D eigenvalue weighted by atomic mass is 9.95. The van der Waals surface area contributed by atoms with Crippen LogP contribution >= 0.6 is 22.6 Å². The minimum absolute atomic E-state index is 0.0148. The molecule has 0 aromatic heterocycles. The Labute approximate surface area is 162 Å². The summed E-state index contributed by atoms with van der Waals surface area (Å²) >= 11 is 1.57. The van der Waals surface area contributed by atoms with Crippen LogP contribution in [0.25, 0.3) is 32.7 Å². The summed E-state index contributed by atoms with van der Waals surface area (Å²) in [5.74, 6) is -7.95. The minimum atomic E-state index is -1.47. The first kappa shape index (κ1) is 18.1. The van der Waals surface area contributed by atoms with Crippen molar-refractivity contribution in [2.45, 2.75) is 0 Å². The van der Waals surface area contributed by atoms with E-state index in [2.05, 4.69) is 0 Å². The molecule has 27 heavy (non-hydrogen) atoms. The zero-order valence-corrected chi connectivity index (χ0v) is 15.3. The van der Waals surface area contributed by atoms with Gasteiger partial charge in [0.15, 0.2) is 34.9 Å². The highest BCUT2D eigenvalue weighted by Gasteiger charge is 2.23. The molecule has 0 saturated heterocycles. The van der Waals surface area contributed by atoms with E-state index in [1.807, 2.05) is 0 Å². The molecule has 0 fully saturated rings. The quantitative estimate of drug-likeness (QED) is 0.116. The van der Waals surface area contributed by atoms with Gasteiger partial charge in [0.25, 0.3) is 0 Å². The number of halogens is 7. The Kier molecular flexibility index (Phi) is 4.29. The Morgan fingerprint density at radius 3 is 1.85 bits per heavy atom. The van der Waals surface area contributed by atoms with Crippen molar-refractivity contribution in [2.24, 2.45) is 0 Å². The summed E-state index contributed by atoms with van der Waals surface area (Å²) < 4.78 is 85.5. The van der Waals surface area contributed by atoms with Crippen LogP contribution in [-0.4, -0.2) is 0 Å². The number of rotatable bonds is 1. The molecule has 0 heterocycles. The highest BCUT2D eigenvalue weighted by Crippen LogP contribution is 2.37. The van der Waals surface area contributed by atoms with E-state index in [1.165, 1.54) is 24.3 Å². The average molecular weight is 488 g/mol. The molecular formula is C20H7F6I. The van der Waals surface area contributed by atoms with E-state index in [0.717, 1.165) is 18.2 Å². The standard InChI is InChI=1S/C20H7F6I/c21-12-5-3-8-1-2-9-7-11(10-4-6-13(27)19(25)16(10)22)17(23)20(26)15(9)14(8)18(12)24/h1-7H. The summed E-state index contributed by atoms with van der Waals surface area (Å²) in [6, 6.07) is 8.36. The SMILES string of the molecule is Fc1ccc2ccc3cc(-c4ccc(I)c(F)c4F)c(F)c(F)c3c2c1F. The molecule has 4 aromatic rings. The lowest BCUT2D eigenvalue weighted by Crippen LogP contribution is -1.99. The number of hydrogen-bond donors (Lipinski definition) is 0. The van der Waals surface area contributed by atoms with Crippen LogP contribution in [0.15, 0.2) is 42.5 Å². The third-order valence-corrected chi connectivity index (χ3v) is 5.22. The molecule has 0 bridgehead atoms. The van der Waals surface area contributed by atoms with E-state index in [0.29, 0.717) is 0 Å². The molecule has 0 amide bonds. The van der Waals surface area contributed by atoms with Gasteiger partial charge >= 0.3 is 0 Å². The molecule has 0 N–H and O–H groups in total. The summed E-state index contributed by atoms with van der Waals surface area (Å²) in [5.41, 5.74) is -0.977. The molecule has 4 aromatic carbocycles. The maximum absolute atomic E-state index is 14.8. The van der Waals surface area contributed by atoms with Gasteiger partial charge in [0.05, 0.1) is 3.57 Å². The van der Waals surface area contributed by atoms with Gasteiger partial charge in [-0.25, -0.2) is 26.3 Å². The van der Waals surface area contributed by atoms with Gasteiger partial charge in [-0.3, -0.25) is 0 Å². The predicted octanol–water partition coefficient (Wildman–Crippen LogP) is 7.10. The molecule has 0 unspecified atom stereocenters. The fourth-order valence-corrected chi connectivity index (χ4v) is 3.52. The molecule has 0 aliphatic heterocycles. The molecule has 0 spiro atoms. The normalized spacial score (nSPS) is 11.5. The van der Waals surface area contributed by atoms with Gasteiger partial charge in [-0.1, -0.05) is 24.3 Å². The molecule has 7 heteroatoms. The summed E-state index contributed by atoms with van der Waals surface area (Å²) in [4.78, 5) is 0. The fourth-order valence-electron chi connectivity index (χ4n) is 3.10. The lowest BCUT2D eigenvalue weighted by molar-refractivity contribution is 0.500. The summed E-state index contributed by atoms with van der Waals surface area (Å²) in [7, 11) is 0. The van der Waals surface area contributed by atoms with E-state index in [9.17, 15) is 26.3 Å². The Morgan fingerprint density at radius 2 is 1.11 bits per heavy atom. The van der Waals surface area contributed by atoms with Crippen LogP contribution in [0.2, 0.25) is 0 Å². The topological polar surface area (TPSA) is 0 Å². The largest absolute Gasteiger partial charge is 0.204 e.